The third-order valence-corrected chi connectivity index (χ3v) is 5.37. The molecule has 0 saturated carbocycles. The fourth-order valence-electron chi connectivity index (χ4n) is 2.65. The van der Waals surface area contributed by atoms with E-state index < -0.39 is 0 Å². The zero-order valence-electron chi connectivity index (χ0n) is 14.7. The summed E-state index contributed by atoms with van der Waals surface area (Å²) in [6.07, 6.45) is 10.1. The van der Waals surface area contributed by atoms with Crippen molar-refractivity contribution in [1.82, 2.24) is 10.2 Å². The number of rotatable bonds is 3. The summed E-state index contributed by atoms with van der Waals surface area (Å²) in [4.78, 5) is 15.0. The molecule has 3 rings (SSSR count). The Balaban J connectivity index is 0.000000219. The number of thioether (sulfide) groups is 1. The Hall–Kier alpha value is -1.52. The third-order valence-electron chi connectivity index (χ3n) is 4.37. The van der Waals surface area contributed by atoms with Gasteiger partial charge in [0.1, 0.15) is 0 Å². The number of likely N-dealkylation sites (tertiary alicyclic amines) is 1. The van der Waals surface area contributed by atoms with Gasteiger partial charge in [0, 0.05) is 18.3 Å². The van der Waals surface area contributed by atoms with Gasteiger partial charge in [-0.05, 0) is 45.0 Å². The first kappa shape index (κ1) is 18.8. The van der Waals surface area contributed by atoms with Crippen LogP contribution in [0.25, 0.3) is 0 Å². The van der Waals surface area contributed by atoms with Gasteiger partial charge in [-0.2, -0.15) is 0 Å². The van der Waals surface area contributed by atoms with E-state index in [0.29, 0.717) is 6.54 Å². The highest BCUT2D eigenvalue weighted by Gasteiger charge is 2.12. The van der Waals surface area contributed by atoms with Gasteiger partial charge in [0.15, 0.2) is 0 Å². The van der Waals surface area contributed by atoms with E-state index in [-0.39, 0.29) is 5.91 Å². The minimum atomic E-state index is 0.0122. The predicted octanol–water partition coefficient (Wildman–Crippen LogP) is 3.98. The van der Waals surface area contributed by atoms with Crippen molar-refractivity contribution < 1.29 is 4.79 Å². The van der Waals surface area contributed by atoms with Crippen LogP contribution in [0.4, 0.5) is 0 Å². The van der Waals surface area contributed by atoms with Gasteiger partial charge in [0.05, 0.1) is 4.91 Å². The molecule has 0 spiro atoms. The number of piperidine rings is 1. The summed E-state index contributed by atoms with van der Waals surface area (Å²) >= 11 is 1.57. The van der Waals surface area contributed by atoms with Crippen LogP contribution >= 0.6 is 11.8 Å². The molecule has 4 heteroatoms. The van der Waals surface area contributed by atoms with Gasteiger partial charge >= 0.3 is 0 Å². The molecule has 1 atom stereocenters. The van der Waals surface area contributed by atoms with Crippen molar-refractivity contribution in [2.24, 2.45) is 0 Å². The molecule has 0 unspecified atom stereocenters. The molecule has 1 saturated heterocycles. The molecule has 2 aliphatic heterocycles. The Morgan fingerprint density at radius 3 is 2.67 bits per heavy atom. The summed E-state index contributed by atoms with van der Waals surface area (Å²) in [5, 5.41) is 2.91. The van der Waals surface area contributed by atoms with Gasteiger partial charge in [0.25, 0.3) is 5.91 Å². The van der Waals surface area contributed by atoms with Crippen molar-refractivity contribution in [3.8, 4) is 0 Å². The van der Waals surface area contributed by atoms with E-state index in [4.69, 9.17) is 0 Å². The quantitative estimate of drug-likeness (QED) is 0.900. The highest BCUT2D eigenvalue weighted by Crippen LogP contribution is 2.19. The first-order chi connectivity index (χ1) is 11.7. The van der Waals surface area contributed by atoms with E-state index in [0.717, 1.165) is 22.3 Å². The van der Waals surface area contributed by atoms with Crippen LogP contribution in [0.15, 0.2) is 53.5 Å². The molecule has 1 aromatic rings. The van der Waals surface area contributed by atoms with Crippen LogP contribution in [0, 0.1) is 0 Å². The molecular weight excluding hydrogens is 316 g/mol. The van der Waals surface area contributed by atoms with Crippen LogP contribution in [-0.4, -0.2) is 36.2 Å². The zero-order chi connectivity index (χ0) is 17.2. The zero-order valence-corrected chi connectivity index (χ0v) is 15.5. The van der Waals surface area contributed by atoms with Gasteiger partial charge < -0.3 is 10.2 Å². The highest BCUT2D eigenvalue weighted by atomic mass is 32.2. The second-order valence-corrected chi connectivity index (χ2v) is 7.33. The fraction of sp³-hybridized carbons (Fsp3) is 0.450. The number of carbonyl (C=O) groups is 1. The van der Waals surface area contributed by atoms with Gasteiger partial charge in [-0.3, -0.25) is 4.79 Å². The number of carbonyl (C=O) groups excluding carboxylic acids is 1. The minimum Gasteiger partial charge on any atom is -0.348 e. The summed E-state index contributed by atoms with van der Waals surface area (Å²) in [5.41, 5.74) is 1.12. The third kappa shape index (κ3) is 6.54. The molecule has 0 aromatic heterocycles. The largest absolute Gasteiger partial charge is 0.348 e. The lowest BCUT2D eigenvalue weighted by Gasteiger charge is -2.29. The lowest BCUT2D eigenvalue weighted by atomic mass is 10.1. The average Bonchev–Trinajstić information content (AvgIpc) is 2.64. The Morgan fingerprint density at radius 1 is 1.29 bits per heavy atom. The number of nitrogens with one attached hydrogen (secondary N) is 1. The molecule has 2 heterocycles. The Kier molecular flexibility index (Phi) is 8.13. The fourth-order valence-corrected chi connectivity index (χ4v) is 3.41. The molecule has 1 N–H and O–H groups in total. The number of allylic oxidation sites excluding steroid dienone is 2. The van der Waals surface area contributed by atoms with Gasteiger partial charge in [0.2, 0.25) is 0 Å². The smallest absolute Gasteiger partial charge is 0.257 e. The maximum atomic E-state index is 11.7. The lowest BCUT2D eigenvalue weighted by Crippen LogP contribution is -2.33. The molecule has 0 bridgehead atoms. The monoisotopic (exact) mass is 344 g/mol. The summed E-state index contributed by atoms with van der Waals surface area (Å²) in [7, 11) is 2.21. The molecule has 130 valence electrons. The topological polar surface area (TPSA) is 32.3 Å². The van der Waals surface area contributed by atoms with Crippen molar-refractivity contribution in [3.63, 3.8) is 0 Å². The number of nitrogens with zero attached hydrogens (tertiary/aromatic N) is 1. The van der Waals surface area contributed by atoms with E-state index in [1.54, 1.807) is 11.8 Å². The van der Waals surface area contributed by atoms with Crippen LogP contribution in [0.3, 0.4) is 0 Å². The van der Waals surface area contributed by atoms with Crippen molar-refractivity contribution in [2.75, 3.05) is 19.3 Å². The van der Waals surface area contributed by atoms with Crippen molar-refractivity contribution in [1.29, 1.82) is 0 Å². The predicted molar refractivity (Wildman–Crippen MR) is 104 cm³/mol. The maximum Gasteiger partial charge on any atom is 0.257 e. The Morgan fingerprint density at radius 2 is 2.08 bits per heavy atom. The lowest BCUT2D eigenvalue weighted by molar-refractivity contribution is -0.116. The van der Waals surface area contributed by atoms with E-state index in [1.807, 2.05) is 48.6 Å². The number of hydrogen-bond acceptors (Lipinski definition) is 3. The average molecular weight is 345 g/mol. The van der Waals surface area contributed by atoms with Crippen LogP contribution in [-0.2, 0) is 11.3 Å². The SMILES string of the molecule is C[C@@H]1CCCCN1C.O=C(NCc1ccccc1)C1=CC=CCS1. The number of benzene rings is 1. The van der Waals surface area contributed by atoms with Crippen LogP contribution in [0.1, 0.15) is 31.7 Å². The summed E-state index contributed by atoms with van der Waals surface area (Å²) in [6, 6.07) is 10.8. The van der Waals surface area contributed by atoms with Crippen molar-refractivity contribution in [3.05, 3.63) is 59.0 Å². The molecule has 1 amide bonds. The molecule has 2 aliphatic rings. The number of hydrogen-bond donors (Lipinski definition) is 1. The van der Waals surface area contributed by atoms with Gasteiger partial charge in [-0.25, -0.2) is 0 Å². The Bertz CT molecular complexity index is 558. The summed E-state index contributed by atoms with van der Waals surface area (Å²) in [6.45, 7) is 4.20. The van der Waals surface area contributed by atoms with Crippen molar-refractivity contribution >= 4 is 17.7 Å². The van der Waals surface area contributed by atoms with E-state index in [2.05, 4.69) is 24.2 Å². The van der Waals surface area contributed by atoms with Gasteiger partial charge in [-0.1, -0.05) is 48.9 Å². The normalized spacial score (nSPS) is 20.6. The minimum absolute atomic E-state index is 0.0122. The molecule has 3 nitrogen and oxygen atoms in total. The first-order valence-electron chi connectivity index (χ1n) is 8.69. The van der Waals surface area contributed by atoms with Crippen LogP contribution in [0.2, 0.25) is 0 Å². The summed E-state index contributed by atoms with van der Waals surface area (Å²) in [5.74, 6) is 0.892. The summed E-state index contributed by atoms with van der Waals surface area (Å²) < 4.78 is 0. The second kappa shape index (κ2) is 10.4. The van der Waals surface area contributed by atoms with E-state index >= 15 is 0 Å². The molecular formula is C20H28N2OS. The maximum absolute atomic E-state index is 11.7. The standard InChI is InChI=1S/C13H13NOS.C7H15N/c15-13(12-8-4-5-9-16-12)14-10-11-6-2-1-3-7-11;1-7-5-3-4-6-8(7)2/h1-8H,9-10H2,(H,14,15);7H,3-6H2,1-2H3/t;7-/m.1/s1. The highest BCUT2D eigenvalue weighted by molar-refractivity contribution is 8.04. The molecule has 0 radical (unpaired) electrons. The van der Waals surface area contributed by atoms with Crippen molar-refractivity contribution in [2.45, 2.75) is 38.8 Å². The Labute approximate surface area is 150 Å². The van der Waals surface area contributed by atoms with Gasteiger partial charge in [-0.15, -0.1) is 11.8 Å². The van der Waals surface area contributed by atoms with Crippen LogP contribution in [0.5, 0.6) is 0 Å². The number of amides is 1. The van der Waals surface area contributed by atoms with E-state index in [9.17, 15) is 4.79 Å². The molecule has 1 aromatic carbocycles. The molecule has 24 heavy (non-hydrogen) atoms. The first-order valence-corrected chi connectivity index (χ1v) is 9.67. The van der Waals surface area contributed by atoms with Crippen LogP contribution < -0.4 is 5.32 Å². The second-order valence-electron chi connectivity index (χ2n) is 6.26. The van der Waals surface area contributed by atoms with E-state index in [1.165, 1.54) is 25.8 Å². The molecule has 1 fully saturated rings. The molecule has 0 aliphatic carbocycles.